The molecule has 1 aliphatic carbocycles. The van der Waals surface area contributed by atoms with Crippen LogP contribution in [-0.4, -0.2) is 61.3 Å². The SMILES string of the molecule is COC[C@H]1CCC[C@@]12CN(S(=O)(=O)c1cn(C)cn1)CCO2. The Morgan fingerprint density at radius 1 is 1.55 bits per heavy atom. The van der Waals surface area contributed by atoms with E-state index in [0.29, 0.717) is 26.3 Å². The highest BCUT2D eigenvalue weighted by Gasteiger charge is 2.49. The van der Waals surface area contributed by atoms with Crippen LogP contribution in [-0.2, 0) is 26.5 Å². The number of morpholine rings is 1. The fraction of sp³-hybridized carbons (Fsp3) is 0.786. The van der Waals surface area contributed by atoms with Crippen LogP contribution in [0.4, 0.5) is 0 Å². The number of aromatic nitrogens is 2. The van der Waals surface area contributed by atoms with E-state index in [1.54, 1.807) is 24.9 Å². The predicted octanol–water partition coefficient (Wildman–Crippen LogP) is 0.626. The summed E-state index contributed by atoms with van der Waals surface area (Å²) in [5, 5.41) is 0.105. The molecule has 8 heteroatoms. The summed E-state index contributed by atoms with van der Waals surface area (Å²) in [7, 11) is -0.122. The Kier molecular flexibility index (Phi) is 4.28. The number of methoxy groups -OCH3 is 1. The molecular formula is C14H23N3O4S. The van der Waals surface area contributed by atoms with Gasteiger partial charge in [0.1, 0.15) is 0 Å². The number of aryl methyl sites for hydroxylation is 1. The van der Waals surface area contributed by atoms with Gasteiger partial charge >= 0.3 is 0 Å². The average molecular weight is 329 g/mol. The summed E-state index contributed by atoms with van der Waals surface area (Å²) >= 11 is 0. The van der Waals surface area contributed by atoms with E-state index in [1.165, 1.54) is 10.6 Å². The zero-order valence-electron chi connectivity index (χ0n) is 13.1. The normalized spacial score (nSPS) is 30.2. The Morgan fingerprint density at radius 3 is 3.05 bits per heavy atom. The molecule has 2 atom stereocenters. The summed E-state index contributed by atoms with van der Waals surface area (Å²) in [6, 6.07) is 0. The predicted molar refractivity (Wildman–Crippen MR) is 79.9 cm³/mol. The zero-order valence-corrected chi connectivity index (χ0v) is 13.9. The van der Waals surface area contributed by atoms with Crippen molar-refractivity contribution < 1.29 is 17.9 Å². The van der Waals surface area contributed by atoms with Crippen molar-refractivity contribution in [1.82, 2.24) is 13.9 Å². The molecule has 22 heavy (non-hydrogen) atoms. The first-order chi connectivity index (χ1) is 10.5. The van der Waals surface area contributed by atoms with E-state index in [-0.39, 0.29) is 10.9 Å². The molecule has 1 saturated heterocycles. The van der Waals surface area contributed by atoms with Gasteiger partial charge in [0.05, 0.1) is 25.1 Å². The molecule has 1 spiro atoms. The monoisotopic (exact) mass is 329 g/mol. The molecule has 7 nitrogen and oxygen atoms in total. The molecule has 2 heterocycles. The molecule has 1 aromatic rings. The zero-order chi connectivity index (χ0) is 15.8. The van der Waals surface area contributed by atoms with Crippen molar-refractivity contribution in [2.75, 3.05) is 33.4 Å². The van der Waals surface area contributed by atoms with E-state index in [1.807, 2.05) is 0 Å². The van der Waals surface area contributed by atoms with Gasteiger partial charge in [-0.05, 0) is 12.8 Å². The first kappa shape index (κ1) is 15.9. The van der Waals surface area contributed by atoms with Crippen molar-refractivity contribution in [3.05, 3.63) is 12.5 Å². The lowest BCUT2D eigenvalue weighted by Gasteiger charge is -2.43. The van der Waals surface area contributed by atoms with Gasteiger partial charge in [-0.3, -0.25) is 0 Å². The first-order valence-electron chi connectivity index (χ1n) is 7.59. The maximum absolute atomic E-state index is 12.8. The second-order valence-corrected chi connectivity index (χ2v) is 8.06. The Labute approximate surface area is 131 Å². The van der Waals surface area contributed by atoms with Gasteiger partial charge in [-0.1, -0.05) is 6.42 Å². The minimum absolute atomic E-state index is 0.105. The fourth-order valence-corrected chi connectivity index (χ4v) is 5.03. The van der Waals surface area contributed by atoms with E-state index in [2.05, 4.69) is 4.98 Å². The molecule has 2 aliphatic rings. The molecular weight excluding hydrogens is 306 g/mol. The van der Waals surface area contributed by atoms with Gasteiger partial charge in [0.15, 0.2) is 5.03 Å². The molecule has 0 aromatic carbocycles. The number of nitrogens with zero attached hydrogens (tertiary/aromatic N) is 3. The van der Waals surface area contributed by atoms with Crippen molar-refractivity contribution in [1.29, 1.82) is 0 Å². The lowest BCUT2D eigenvalue weighted by atomic mass is 9.90. The van der Waals surface area contributed by atoms with Crippen LogP contribution in [0.15, 0.2) is 17.6 Å². The molecule has 2 fully saturated rings. The third-order valence-electron chi connectivity index (χ3n) is 4.72. The van der Waals surface area contributed by atoms with Crippen molar-refractivity contribution in [3.8, 4) is 0 Å². The highest BCUT2D eigenvalue weighted by atomic mass is 32.2. The Bertz CT molecular complexity index is 630. The third kappa shape index (κ3) is 2.68. The fourth-order valence-electron chi connectivity index (χ4n) is 3.58. The van der Waals surface area contributed by atoms with Crippen LogP contribution in [0.1, 0.15) is 19.3 Å². The van der Waals surface area contributed by atoms with Crippen molar-refractivity contribution in [3.63, 3.8) is 0 Å². The summed E-state index contributed by atoms with van der Waals surface area (Å²) in [6.07, 6.45) is 6.00. The Hall–Kier alpha value is -0.960. The van der Waals surface area contributed by atoms with E-state index >= 15 is 0 Å². The standard InChI is InChI=1S/C14H23N3O4S/c1-16-8-13(15-11-16)22(18,19)17-6-7-21-14(10-17)5-3-4-12(14)9-20-2/h8,11-12H,3-7,9-10H2,1-2H3/t12-,14-/m1/s1. The van der Waals surface area contributed by atoms with Crippen LogP contribution in [0.3, 0.4) is 0 Å². The molecule has 0 radical (unpaired) electrons. The third-order valence-corrected chi connectivity index (χ3v) is 6.45. The van der Waals surface area contributed by atoms with Crippen molar-refractivity contribution >= 4 is 10.0 Å². The maximum Gasteiger partial charge on any atom is 0.262 e. The van der Waals surface area contributed by atoms with Crippen LogP contribution in [0, 0.1) is 5.92 Å². The molecule has 0 unspecified atom stereocenters. The highest BCUT2D eigenvalue weighted by molar-refractivity contribution is 7.89. The van der Waals surface area contributed by atoms with Gasteiger partial charge in [-0.25, -0.2) is 13.4 Å². The molecule has 0 amide bonds. The van der Waals surface area contributed by atoms with Gasteiger partial charge < -0.3 is 14.0 Å². The quantitative estimate of drug-likeness (QED) is 0.810. The molecule has 1 aromatic heterocycles. The van der Waals surface area contributed by atoms with E-state index in [9.17, 15) is 8.42 Å². The van der Waals surface area contributed by atoms with Crippen LogP contribution in [0.2, 0.25) is 0 Å². The molecule has 0 bridgehead atoms. The molecule has 1 aliphatic heterocycles. The molecule has 0 N–H and O–H groups in total. The maximum atomic E-state index is 12.8. The van der Waals surface area contributed by atoms with Gasteiger partial charge in [-0.2, -0.15) is 4.31 Å². The second kappa shape index (κ2) is 5.92. The largest absolute Gasteiger partial charge is 0.384 e. The summed E-state index contributed by atoms with van der Waals surface area (Å²) < 4.78 is 40.0. The van der Waals surface area contributed by atoms with E-state index in [4.69, 9.17) is 9.47 Å². The number of imidazole rings is 1. The number of rotatable bonds is 4. The van der Waals surface area contributed by atoms with Gasteiger partial charge in [0.25, 0.3) is 10.0 Å². The minimum Gasteiger partial charge on any atom is -0.384 e. The van der Waals surface area contributed by atoms with E-state index in [0.717, 1.165) is 19.3 Å². The number of ether oxygens (including phenoxy) is 2. The van der Waals surface area contributed by atoms with Gasteiger partial charge in [-0.15, -0.1) is 0 Å². The number of hydrogen-bond acceptors (Lipinski definition) is 5. The molecule has 124 valence electrons. The molecule has 1 saturated carbocycles. The highest BCUT2D eigenvalue weighted by Crippen LogP contribution is 2.42. The van der Waals surface area contributed by atoms with E-state index < -0.39 is 15.6 Å². The van der Waals surface area contributed by atoms with Gasteiger partial charge in [0, 0.05) is 39.4 Å². The summed E-state index contributed by atoms with van der Waals surface area (Å²) in [6.45, 7) is 1.80. The summed E-state index contributed by atoms with van der Waals surface area (Å²) in [4.78, 5) is 4.00. The topological polar surface area (TPSA) is 73.7 Å². The number of hydrogen-bond donors (Lipinski definition) is 0. The first-order valence-corrected chi connectivity index (χ1v) is 9.03. The second-order valence-electron chi connectivity index (χ2n) is 6.17. The van der Waals surface area contributed by atoms with Crippen molar-refractivity contribution in [2.45, 2.75) is 29.9 Å². The smallest absolute Gasteiger partial charge is 0.262 e. The lowest BCUT2D eigenvalue weighted by Crippen LogP contribution is -2.56. The Morgan fingerprint density at radius 2 is 2.36 bits per heavy atom. The Balaban J connectivity index is 1.84. The number of sulfonamides is 1. The van der Waals surface area contributed by atoms with Crippen LogP contribution >= 0.6 is 0 Å². The minimum atomic E-state index is -3.56. The van der Waals surface area contributed by atoms with Crippen LogP contribution in [0.25, 0.3) is 0 Å². The average Bonchev–Trinajstić information content (AvgIpc) is 3.08. The van der Waals surface area contributed by atoms with Crippen LogP contribution in [0.5, 0.6) is 0 Å². The van der Waals surface area contributed by atoms with Gasteiger partial charge in [0.2, 0.25) is 0 Å². The summed E-state index contributed by atoms with van der Waals surface area (Å²) in [5.41, 5.74) is -0.407. The van der Waals surface area contributed by atoms with Crippen molar-refractivity contribution in [2.24, 2.45) is 13.0 Å². The summed E-state index contributed by atoms with van der Waals surface area (Å²) in [5.74, 6) is 0.249. The lowest BCUT2D eigenvalue weighted by molar-refractivity contribution is -0.123. The molecule has 3 rings (SSSR count). The van der Waals surface area contributed by atoms with Crippen LogP contribution < -0.4 is 0 Å².